The van der Waals surface area contributed by atoms with Gasteiger partial charge in [-0.05, 0) is 42.5 Å². The van der Waals surface area contributed by atoms with Gasteiger partial charge in [0.05, 0.1) is 32.6 Å². The Bertz CT molecular complexity index is 1320. The average molecular weight is 466 g/mol. The lowest BCUT2D eigenvalue weighted by atomic mass is 10.1. The molecule has 3 aromatic carbocycles. The predicted molar refractivity (Wildman–Crippen MR) is 125 cm³/mol. The van der Waals surface area contributed by atoms with Crippen molar-refractivity contribution in [1.82, 2.24) is 4.98 Å². The van der Waals surface area contributed by atoms with E-state index in [2.05, 4.69) is 10.3 Å². The molecule has 31 heavy (non-hydrogen) atoms. The van der Waals surface area contributed by atoms with Crippen LogP contribution in [0.1, 0.15) is 20.7 Å². The van der Waals surface area contributed by atoms with Gasteiger partial charge in [0, 0.05) is 16.6 Å². The van der Waals surface area contributed by atoms with Crippen LogP contribution in [0.2, 0.25) is 10.0 Å². The summed E-state index contributed by atoms with van der Waals surface area (Å²) >= 11 is 13.5. The average Bonchev–Trinajstić information content (AvgIpc) is 3.34. The summed E-state index contributed by atoms with van der Waals surface area (Å²) < 4.78 is 0. The number of rotatable bonds is 4. The molecule has 0 bridgehead atoms. The van der Waals surface area contributed by atoms with Crippen molar-refractivity contribution in [2.24, 2.45) is 0 Å². The number of nitrogens with one attached hydrogen (secondary N) is 1. The van der Waals surface area contributed by atoms with Gasteiger partial charge in [0.15, 0.2) is 5.13 Å². The number of benzene rings is 3. The molecule has 152 valence electrons. The number of carbonyl (C=O) groups is 2. The summed E-state index contributed by atoms with van der Waals surface area (Å²) in [6.07, 6.45) is 0. The van der Waals surface area contributed by atoms with Crippen molar-refractivity contribution in [2.75, 3.05) is 10.2 Å². The van der Waals surface area contributed by atoms with E-state index in [0.29, 0.717) is 32.0 Å². The van der Waals surface area contributed by atoms with Crippen molar-refractivity contribution in [3.05, 3.63) is 93.3 Å². The Morgan fingerprint density at radius 2 is 1.58 bits per heavy atom. The molecule has 0 unspecified atom stereocenters. The van der Waals surface area contributed by atoms with Crippen LogP contribution in [0.25, 0.3) is 11.3 Å². The van der Waals surface area contributed by atoms with E-state index < -0.39 is 0 Å². The van der Waals surface area contributed by atoms with Gasteiger partial charge in [-0.1, -0.05) is 47.5 Å². The Labute approximate surface area is 191 Å². The molecule has 1 aromatic heterocycles. The first-order valence-electron chi connectivity index (χ1n) is 9.27. The van der Waals surface area contributed by atoms with Gasteiger partial charge in [-0.2, -0.15) is 0 Å². The third-order valence-corrected chi connectivity index (χ3v) is 6.37. The molecular formula is C23H13Cl2N3O2S. The van der Waals surface area contributed by atoms with Crippen LogP contribution in [0.4, 0.5) is 16.5 Å². The molecule has 5 rings (SSSR count). The predicted octanol–water partition coefficient (Wildman–Crippen LogP) is 6.66. The lowest BCUT2D eigenvalue weighted by molar-refractivity contribution is 0.0926. The first kappa shape index (κ1) is 19.8. The summed E-state index contributed by atoms with van der Waals surface area (Å²) in [6, 6.07) is 19.3. The Hall–Kier alpha value is -3.19. The van der Waals surface area contributed by atoms with E-state index in [1.54, 1.807) is 54.6 Å². The van der Waals surface area contributed by atoms with Gasteiger partial charge in [0.25, 0.3) is 11.8 Å². The van der Waals surface area contributed by atoms with E-state index in [1.807, 2.05) is 17.5 Å². The normalized spacial score (nSPS) is 12.9. The third kappa shape index (κ3) is 3.59. The fourth-order valence-corrected chi connectivity index (χ4v) is 4.43. The van der Waals surface area contributed by atoms with Crippen molar-refractivity contribution in [2.45, 2.75) is 0 Å². The number of imide groups is 1. The summed E-state index contributed by atoms with van der Waals surface area (Å²) in [4.78, 5) is 31.4. The number of amides is 2. The SMILES string of the molecule is O=C1c2ccccc2C(=O)N1c1cccc(-c2csc(Nc3ccc(Cl)c(Cl)c3)n2)c1. The maximum atomic E-state index is 12.8. The summed E-state index contributed by atoms with van der Waals surface area (Å²) in [5.41, 5.74) is 3.64. The van der Waals surface area contributed by atoms with E-state index in [4.69, 9.17) is 23.2 Å². The maximum Gasteiger partial charge on any atom is 0.266 e. The van der Waals surface area contributed by atoms with Gasteiger partial charge >= 0.3 is 0 Å². The molecule has 0 atom stereocenters. The zero-order chi connectivity index (χ0) is 21.5. The maximum absolute atomic E-state index is 12.8. The van der Waals surface area contributed by atoms with Crippen LogP contribution in [0.5, 0.6) is 0 Å². The number of carbonyl (C=O) groups excluding carboxylic acids is 2. The zero-order valence-corrected chi connectivity index (χ0v) is 18.1. The van der Waals surface area contributed by atoms with Crippen LogP contribution in [0.15, 0.2) is 72.1 Å². The second-order valence-electron chi connectivity index (χ2n) is 6.83. The summed E-state index contributed by atoms with van der Waals surface area (Å²) in [5, 5.41) is 6.73. The molecule has 0 radical (unpaired) electrons. The molecule has 0 aliphatic carbocycles. The van der Waals surface area contributed by atoms with Crippen molar-refractivity contribution in [1.29, 1.82) is 0 Å². The zero-order valence-electron chi connectivity index (χ0n) is 15.8. The molecule has 1 N–H and O–H groups in total. The number of fused-ring (bicyclic) bond motifs is 1. The van der Waals surface area contributed by atoms with Gasteiger partial charge < -0.3 is 5.32 Å². The summed E-state index contributed by atoms with van der Waals surface area (Å²) in [5.74, 6) is -0.643. The van der Waals surface area contributed by atoms with E-state index in [1.165, 1.54) is 16.2 Å². The Morgan fingerprint density at radius 3 is 2.29 bits per heavy atom. The summed E-state index contributed by atoms with van der Waals surface area (Å²) in [7, 11) is 0. The molecule has 0 fully saturated rings. The summed E-state index contributed by atoms with van der Waals surface area (Å²) in [6.45, 7) is 0. The van der Waals surface area contributed by atoms with Crippen molar-refractivity contribution >= 4 is 62.9 Å². The van der Waals surface area contributed by atoms with Crippen LogP contribution in [0.3, 0.4) is 0 Å². The standard InChI is InChI=1S/C23H13Cl2N3O2S/c24-18-9-8-14(11-19(18)25)26-23-27-20(12-31-23)13-4-3-5-15(10-13)28-21(29)16-6-1-2-7-17(16)22(28)30/h1-12H,(H,26,27). The molecule has 2 amide bonds. The van der Waals surface area contributed by atoms with Gasteiger partial charge in [-0.3, -0.25) is 9.59 Å². The lowest BCUT2D eigenvalue weighted by Crippen LogP contribution is -2.29. The number of aromatic nitrogens is 1. The first-order chi connectivity index (χ1) is 15.0. The quantitative estimate of drug-likeness (QED) is 0.342. The van der Waals surface area contributed by atoms with Crippen molar-refractivity contribution < 1.29 is 9.59 Å². The van der Waals surface area contributed by atoms with Crippen LogP contribution in [0, 0.1) is 0 Å². The molecule has 4 aromatic rings. The fraction of sp³-hybridized carbons (Fsp3) is 0. The van der Waals surface area contributed by atoms with E-state index in [-0.39, 0.29) is 11.8 Å². The fourth-order valence-electron chi connectivity index (χ4n) is 3.39. The molecular weight excluding hydrogens is 453 g/mol. The first-order valence-corrected chi connectivity index (χ1v) is 10.9. The molecule has 0 spiro atoms. The number of nitrogens with zero attached hydrogens (tertiary/aromatic N) is 2. The largest absolute Gasteiger partial charge is 0.331 e. The Morgan fingerprint density at radius 1 is 0.839 bits per heavy atom. The van der Waals surface area contributed by atoms with Gasteiger partial charge in [-0.15, -0.1) is 11.3 Å². The molecule has 2 heterocycles. The minimum absolute atomic E-state index is 0.321. The van der Waals surface area contributed by atoms with Gasteiger partial charge in [0.1, 0.15) is 0 Å². The van der Waals surface area contributed by atoms with E-state index >= 15 is 0 Å². The Kier molecular flexibility index (Phi) is 4.98. The molecule has 1 aliphatic heterocycles. The number of anilines is 3. The highest BCUT2D eigenvalue weighted by Crippen LogP contribution is 2.33. The molecule has 5 nitrogen and oxygen atoms in total. The highest BCUT2D eigenvalue weighted by atomic mass is 35.5. The molecule has 8 heteroatoms. The van der Waals surface area contributed by atoms with Crippen LogP contribution >= 0.6 is 34.5 Å². The number of thiazole rings is 1. The third-order valence-electron chi connectivity index (χ3n) is 4.87. The van der Waals surface area contributed by atoms with Gasteiger partial charge in [-0.25, -0.2) is 9.88 Å². The van der Waals surface area contributed by atoms with E-state index in [9.17, 15) is 9.59 Å². The van der Waals surface area contributed by atoms with Crippen molar-refractivity contribution in [3.8, 4) is 11.3 Å². The molecule has 0 saturated heterocycles. The van der Waals surface area contributed by atoms with E-state index in [0.717, 1.165) is 16.9 Å². The van der Waals surface area contributed by atoms with Crippen LogP contribution in [-0.4, -0.2) is 16.8 Å². The van der Waals surface area contributed by atoms with Crippen LogP contribution in [-0.2, 0) is 0 Å². The van der Waals surface area contributed by atoms with Crippen molar-refractivity contribution in [3.63, 3.8) is 0 Å². The second kappa shape index (κ2) is 7.81. The number of hydrogen-bond acceptors (Lipinski definition) is 5. The number of halogens is 2. The van der Waals surface area contributed by atoms with Gasteiger partial charge in [0.2, 0.25) is 0 Å². The minimum Gasteiger partial charge on any atom is -0.331 e. The monoisotopic (exact) mass is 465 g/mol. The Balaban J connectivity index is 1.42. The highest BCUT2D eigenvalue weighted by molar-refractivity contribution is 7.14. The van der Waals surface area contributed by atoms with Crippen LogP contribution < -0.4 is 10.2 Å². The number of hydrogen-bond donors (Lipinski definition) is 1. The topological polar surface area (TPSA) is 62.3 Å². The minimum atomic E-state index is -0.321. The second-order valence-corrected chi connectivity index (χ2v) is 8.51. The highest BCUT2D eigenvalue weighted by Gasteiger charge is 2.36. The molecule has 1 aliphatic rings. The smallest absolute Gasteiger partial charge is 0.266 e. The lowest BCUT2D eigenvalue weighted by Gasteiger charge is -2.14. The molecule has 0 saturated carbocycles.